The number of benzene rings is 1. The van der Waals surface area contributed by atoms with Gasteiger partial charge in [-0.2, -0.15) is 0 Å². The first-order valence-electron chi connectivity index (χ1n) is 5.89. The van der Waals surface area contributed by atoms with E-state index in [1.165, 1.54) is 0 Å². The van der Waals surface area contributed by atoms with Gasteiger partial charge < -0.3 is 10.6 Å². The average molecular weight is 280 g/mol. The van der Waals surface area contributed by atoms with Gasteiger partial charge >= 0.3 is 0 Å². The van der Waals surface area contributed by atoms with Crippen LogP contribution in [-0.2, 0) is 4.79 Å². The van der Waals surface area contributed by atoms with Gasteiger partial charge in [0, 0.05) is 12.6 Å². The number of hydrogen-bond acceptors (Lipinski definition) is 3. The Labute approximate surface area is 117 Å². The summed E-state index contributed by atoms with van der Waals surface area (Å²) < 4.78 is 0. The van der Waals surface area contributed by atoms with E-state index in [9.17, 15) is 4.79 Å². The molecule has 0 spiro atoms. The molecular weight excluding hydrogens is 264 g/mol. The van der Waals surface area contributed by atoms with Crippen molar-refractivity contribution in [2.45, 2.75) is 18.1 Å². The predicted octanol–water partition coefficient (Wildman–Crippen LogP) is 2.18. The van der Waals surface area contributed by atoms with Crippen LogP contribution in [0, 0.1) is 0 Å². The van der Waals surface area contributed by atoms with Gasteiger partial charge in [0.05, 0.1) is 10.9 Å². The highest BCUT2D eigenvalue weighted by molar-refractivity contribution is 8.00. The molecule has 2 N–H and O–H groups in total. The second-order valence-electron chi connectivity index (χ2n) is 4.28. The molecule has 1 atom stereocenters. The lowest BCUT2D eigenvalue weighted by molar-refractivity contribution is -0.117. The van der Waals surface area contributed by atoms with E-state index in [0.717, 1.165) is 29.8 Å². The number of amides is 1. The van der Waals surface area contributed by atoms with Crippen molar-refractivity contribution in [1.29, 1.82) is 0 Å². The summed E-state index contributed by atoms with van der Waals surface area (Å²) in [6.07, 6.45) is 2.08. The van der Waals surface area contributed by atoms with Crippen LogP contribution < -0.4 is 10.6 Å². The number of anilines is 1. The van der Waals surface area contributed by atoms with Crippen LogP contribution in [0.25, 0.3) is 0 Å². The van der Waals surface area contributed by atoms with Crippen molar-refractivity contribution in [3.63, 3.8) is 0 Å². The van der Waals surface area contributed by atoms with Gasteiger partial charge in [0.2, 0.25) is 5.91 Å². The molecule has 3 nitrogen and oxygen atoms in total. The maximum atomic E-state index is 12.3. The van der Waals surface area contributed by atoms with Crippen LogP contribution in [0.3, 0.4) is 0 Å². The highest BCUT2D eigenvalue weighted by Gasteiger charge is 2.27. The van der Waals surface area contributed by atoms with Gasteiger partial charge in [-0.1, -0.05) is 24.4 Å². The molecule has 1 aliphatic rings. The summed E-state index contributed by atoms with van der Waals surface area (Å²) in [5, 5.41) is 0.0782. The van der Waals surface area contributed by atoms with E-state index in [1.54, 1.807) is 23.7 Å². The number of carbonyl (C=O) groups excluding carboxylic acids is 1. The second kappa shape index (κ2) is 5.71. The number of para-hydroxylation sites is 1. The maximum absolute atomic E-state index is 12.3. The predicted molar refractivity (Wildman–Crippen MR) is 81.2 cm³/mol. The summed E-state index contributed by atoms with van der Waals surface area (Å²) in [6.45, 7) is 0. The van der Waals surface area contributed by atoms with E-state index in [1.807, 2.05) is 24.3 Å². The third-order valence-corrected chi connectivity index (χ3v) is 4.65. The molecule has 0 aliphatic carbocycles. The van der Waals surface area contributed by atoms with Gasteiger partial charge in [-0.3, -0.25) is 4.79 Å². The lowest BCUT2D eigenvalue weighted by Gasteiger charge is -2.23. The van der Waals surface area contributed by atoms with Crippen LogP contribution in [0.4, 0.5) is 5.69 Å². The Kier molecular flexibility index (Phi) is 4.24. The Bertz CT molecular complexity index is 470. The normalized spacial score (nSPS) is 18.6. The summed E-state index contributed by atoms with van der Waals surface area (Å²) in [6, 6.07) is 7.50. The summed E-state index contributed by atoms with van der Waals surface area (Å²) in [5.74, 6) is 1.21. The second-order valence-corrected chi connectivity index (χ2v) is 6.03. The van der Waals surface area contributed by atoms with Gasteiger partial charge in [-0.25, -0.2) is 0 Å². The number of rotatable bonds is 3. The number of hydrogen-bond donors (Lipinski definition) is 1. The molecule has 0 aromatic heterocycles. The maximum Gasteiger partial charge on any atom is 0.239 e. The molecule has 0 bridgehead atoms. The highest BCUT2D eigenvalue weighted by atomic mass is 32.2. The van der Waals surface area contributed by atoms with E-state index < -0.39 is 0 Å². The number of nitrogens with zero attached hydrogens (tertiary/aromatic N) is 1. The molecular formula is C13H16N2OS2. The molecule has 1 saturated heterocycles. The zero-order valence-corrected chi connectivity index (χ0v) is 11.9. The van der Waals surface area contributed by atoms with Gasteiger partial charge in [0.15, 0.2) is 0 Å². The third-order valence-electron chi connectivity index (χ3n) is 3.07. The molecule has 96 valence electrons. The molecule has 5 heteroatoms. The van der Waals surface area contributed by atoms with Crippen molar-refractivity contribution in [2.24, 2.45) is 5.73 Å². The van der Waals surface area contributed by atoms with E-state index in [2.05, 4.69) is 0 Å². The van der Waals surface area contributed by atoms with Crippen LogP contribution in [0.5, 0.6) is 0 Å². The zero-order valence-electron chi connectivity index (χ0n) is 10.3. The molecule has 1 heterocycles. The Morgan fingerprint density at radius 3 is 2.83 bits per heavy atom. The number of carbonyl (C=O) groups is 1. The molecule has 1 unspecified atom stereocenters. The minimum atomic E-state index is 0.0782. The first-order chi connectivity index (χ1) is 8.61. The highest BCUT2D eigenvalue weighted by Crippen LogP contribution is 2.29. The first-order valence-corrected chi connectivity index (χ1v) is 7.35. The molecule has 1 amide bonds. The van der Waals surface area contributed by atoms with Gasteiger partial charge in [0.25, 0.3) is 0 Å². The van der Waals surface area contributed by atoms with Crippen molar-refractivity contribution >= 4 is 40.6 Å². The average Bonchev–Trinajstić information content (AvgIpc) is 2.90. The van der Waals surface area contributed by atoms with E-state index >= 15 is 0 Å². The van der Waals surface area contributed by atoms with E-state index in [0.29, 0.717) is 4.99 Å². The molecule has 1 aromatic carbocycles. The van der Waals surface area contributed by atoms with Crippen LogP contribution in [0.15, 0.2) is 24.3 Å². The van der Waals surface area contributed by atoms with Crippen molar-refractivity contribution in [1.82, 2.24) is 0 Å². The Morgan fingerprint density at radius 2 is 2.22 bits per heavy atom. The van der Waals surface area contributed by atoms with Crippen LogP contribution in [0.2, 0.25) is 0 Å². The monoisotopic (exact) mass is 280 g/mol. The summed E-state index contributed by atoms with van der Waals surface area (Å²) in [4.78, 5) is 14.3. The molecule has 0 radical (unpaired) electrons. The van der Waals surface area contributed by atoms with Crippen LogP contribution >= 0.6 is 24.0 Å². The fourth-order valence-electron chi connectivity index (χ4n) is 2.08. The van der Waals surface area contributed by atoms with Gasteiger partial charge in [-0.05, 0) is 30.7 Å². The first kappa shape index (κ1) is 13.4. The number of thiocarbonyl (C=S) groups is 1. The molecule has 1 fully saturated rings. The van der Waals surface area contributed by atoms with Gasteiger partial charge in [0.1, 0.15) is 4.99 Å². The zero-order chi connectivity index (χ0) is 13.1. The lowest BCUT2D eigenvalue weighted by Crippen LogP contribution is -2.34. The molecule has 1 aromatic rings. The third kappa shape index (κ3) is 2.67. The quantitative estimate of drug-likeness (QED) is 0.862. The minimum Gasteiger partial charge on any atom is -0.389 e. The lowest BCUT2D eigenvalue weighted by atomic mass is 10.1. The smallest absolute Gasteiger partial charge is 0.239 e. The number of thioether (sulfide) groups is 1. The fraction of sp³-hybridized carbons (Fsp3) is 0.385. The SMILES string of the molecule is CN(C(=O)C1CCCS1)c1ccccc1C(N)=S. The van der Waals surface area contributed by atoms with Crippen molar-refractivity contribution < 1.29 is 4.79 Å². The summed E-state index contributed by atoms with van der Waals surface area (Å²) in [7, 11) is 1.79. The molecule has 2 rings (SSSR count). The minimum absolute atomic E-state index is 0.0782. The van der Waals surface area contributed by atoms with Crippen molar-refractivity contribution in [2.75, 3.05) is 17.7 Å². The van der Waals surface area contributed by atoms with Crippen molar-refractivity contribution in [3.8, 4) is 0 Å². The van der Waals surface area contributed by atoms with Gasteiger partial charge in [-0.15, -0.1) is 11.8 Å². The fourth-order valence-corrected chi connectivity index (χ4v) is 3.51. The Morgan fingerprint density at radius 1 is 1.50 bits per heavy atom. The topological polar surface area (TPSA) is 46.3 Å². The molecule has 18 heavy (non-hydrogen) atoms. The Balaban J connectivity index is 2.25. The van der Waals surface area contributed by atoms with Crippen LogP contribution in [-0.4, -0.2) is 28.9 Å². The van der Waals surface area contributed by atoms with E-state index in [4.69, 9.17) is 18.0 Å². The summed E-state index contributed by atoms with van der Waals surface area (Å²) >= 11 is 6.76. The molecule has 1 aliphatic heterocycles. The molecule has 0 saturated carbocycles. The van der Waals surface area contributed by atoms with E-state index in [-0.39, 0.29) is 11.2 Å². The van der Waals surface area contributed by atoms with Crippen molar-refractivity contribution in [3.05, 3.63) is 29.8 Å². The number of nitrogens with two attached hydrogens (primary N) is 1. The van der Waals surface area contributed by atoms with Crippen LogP contribution in [0.1, 0.15) is 18.4 Å². The summed E-state index contributed by atoms with van der Waals surface area (Å²) in [5.41, 5.74) is 7.24. The largest absolute Gasteiger partial charge is 0.389 e. The Hall–Kier alpha value is -1.07. The standard InChI is InChI=1S/C13H16N2OS2/c1-15(13(16)11-7-4-8-18-11)10-6-3-2-5-9(10)12(14)17/h2-3,5-6,11H,4,7-8H2,1H3,(H2,14,17).